The van der Waals surface area contributed by atoms with Crippen molar-refractivity contribution in [3.8, 4) is 34.5 Å². The van der Waals surface area contributed by atoms with Gasteiger partial charge in [0.1, 0.15) is 23.5 Å². The zero-order chi connectivity index (χ0) is 25.9. The Bertz CT molecular complexity index is 1410. The van der Waals surface area contributed by atoms with E-state index in [9.17, 15) is 0 Å². The van der Waals surface area contributed by atoms with E-state index < -0.39 is 0 Å². The third-order valence-corrected chi connectivity index (χ3v) is 6.34. The second kappa shape index (κ2) is 10.3. The molecule has 0 saturated heterocycles. The maximum Gasteiger partial charge on any atom is 0.231 e. The number of rotatable bonds is 10. The quantitative estimate of drug-likeness (QED) is 0.297. The second-order valence-electron chi connectivity index (χ2n) is 9.22. The average Bonchev–Trinajstić information content (AvgIpc) is 3.69. The third-order valence-electron chi connectivity index (χ3n) is 6.34. The van der Waals surface area contributed by atoms with E-state index in [1.807, 2.05) is 6.20 Å². The van der Waals surface area contributed by atoms with Gasteiger partial charge in [-0.2, -0.15) is 4.98 Å². The van der Waals surface area contributed by atoms with Crippen molar-refractivity contribution in [2.45, 2.75) is 45.2 Å². The molecule has 1 aliphatic carbocycles. The summed E-state index contributed by atoms with van der Waals surface area (Å²) < 4.78 is 12.9. The van der Waals surface area contributed by atoms with Crippen molar-refractivity contribution >= 4 is 12.0 Å². The fraction of sp³-hybridized carbons (Fsp3) is 0.333. The molecular weight excluding hydrogens is 468 g/mol. The van der Waals surface area contributed by atoms with E-state index >= 15 is 0 Å². The van der Waals surface area contributed by atoms with Gasteiger partial charge in [-0.1, -0.05) is 24.3 Å². The van der Waals surface area contributed by atoms with Gasteiger partial charge in [0.25, 0.3) is 0 Å². The lowest BCUT2D eigenvalue weighted by molar-refractivity contribution is 0.397. The lowest BCUT2D eigenvalue weighted by atomic mass is 10.1. The number of imidazole rings is 1. The van der Waals surface area contributed by atoms with Crippen LogP contribution >= 0.6 is 0 Å². The van der Waals surface area contributed by atoms with Crippen LogP contribution in [-0.2, 0) is 6.54 Å². The van der Waals surface area contributed by atoms with Gasteiger partial charge in [-0.25, -0.2) is 19.9 Å². The Morgan fingerprint density at radius 1 is 1.08 bits per heavy atom. The molecule has 4 aromatic rings. The summed E-state index contributed by atoms with van der Waals surface area (Å²) in [5.74, 6) is 3.34. The fourth-order valence-electron chi connectivity index (χ4n) is 4.21. The Morgan fingerprint density at radius 3 is 2.51 bits per heavy atom. The number of nitrogens with zero attached hydrogens (tertiary/aromatic N) is 6. The third kappa shape index (κ3) is 5.00. The van der Waals surface area contributed by atoms with E-state index in [1.54, 1.807) is 20.4 Å². The first-order chi connectivity index (χ1) is 18.0. The molecule has 1 fully saturated rings. The number of benzene rings is 1. The van der Waals surface area contributed by atoms with Crippen LogP contribution in [0.3, 0.4) is 0 Å². The Hall–Kier alpha value is -4.34. The van der Waals surface area contributed by atoms with Crippen LogP contribution in [0, 0.1) is 5.41 Å². The van der Waals surface area contributed by atoms with Crippen LogP contribution in [0.5, 0.6) is 11.8 Å². The van der Waals surface area contributed by atoms with Crippen LogP contribution in [0.4, 0.5) is 5.82 Å². The number of hydrogen-bond donors (Lipinski definition) is 2. The van der Waals surface area contributed by atoms with Crippen molar-refractivity contribution in [1.82, 2.24) is 29.5 Å². The number of aromatic nitrogens is 6. The molecule has 0 radical (unpaired) electrons. The first kappa shape index (κ1) is 24.4. The van der Waals surface area contributed by atoms with Gasteiger partial charge >= 0.3 is 0 Å². The Balaban J connectivity index is 1.39. The Kier molecular flexibility index (Phi) is 6.80. The average molecular weight is 499 g/mol. The first-order valence-electron chi connectivity index (χ1n) is 12.2. The topological polar surface area (TPSA) is 124 Å². The minimum absolute atomic E-state index is 0.258. The van der Waals surface area contributed by atoms with E-state index in [1.165, 1.54) is 12.5 Å². The summed E-state index contributed by atoms with van der Waals surface area (Å²) in [6.07, 6.45) is 8.49. The van der Waals surface area contributed by atoms with Gasteiger partial charge in [0.2, 0.25) is 11.8 Å². The van der Waals surface area contributed by atoms with Gasteiger partial charge in [0.05, 0.1) is 31.7 Å². The molecular formula is C27H30N8O2. The molecule has 1 saturated carbocycles. The van der Waals surface area contributed by atoms with Crippen molar-refractivity contribution in [3.63, 3.8) is 0 Å². The molecule has 0 spiro atoms. The molecule has 0 unspecified atom stereocenters. The van der Waals surface area contributed by atoms with Crippen LogP contribution in [0.25, 0.3) is 22.8 Å². The van der Waals surface area contributed by atoms with Gasteiger partial charge in [-0.05, 0) is 32.3 Å². The number of hydrogen-bond acceptors (Lipinski definition) is 9. The normalized spacial score (nSPS) is 13.0. The highest BCUT2D eigenvalue weighted by molar-refractivity contribution is 5.84. The molecule has 3 aromatic heterocycles. The minimum Gasteiger partial charge on any atom is -0.480 e. The second-order valence-corrected chi connectivity index (χ2v) is 9.22. The van der Waals surface area contributed by atoms with Gasteiger partial charge in [-0.3, -0.25) is 0 Å². The smallest absolute Gasteiger partial charge is 0.231 e. The van der Waals surface area contributed by atoms with Crippen molar-refractivity contribution in [2.75, 3.05) is 19.5 Å². The number of methoxy groups -OCH3 is 2. The van der Waals surface area contributed by atoms with Crippen LogP contribution in [0.15, 0.2) is 43.0 Å². The van der Waals surface area contributed by atoms with E-state index in [0.29, 0.717) is 47.0 Å². The van der Waals surface area contributed by atoms with E-state index in [2.05, 4.69) is 67.9 Å². The molecule has 3 heterocycles. The highest BCUT2D eigenvalue weighted by atomic mass is 16.5. The zero-order valence-electron chi connectivity index (χ0n) is 21.4. The van der Waals surface area contributed by atoms with Crippen molar-refractivity contribution < 1.29 is 9.47 Å². The molecule has 10 nitrogen and oxygen atoms in total. The predicted molar refractivity (Wildman–Crippen MR) is 141 cm³/mol. The van der Waals surface area contributed by atoms with Crippen molar-refractivity contribution in [1.29, 1.82) is 5.41 Å². The predicted octanol–water partition coefficient (Wildman–Crippen LogP) is 4.88. The standard InChI is InChI=1S/C27H30N8O2/c1-16(2)35-14-21(36-3)33-26(35)19-7-5-17(6-8-19)12-29-24-20(11-28)13-30-25(34-24)22-23(18-9-10-18)31-15-32-27(22)37-4/h5-8,11,13-16,18,28H,9-10,12H2,1-4H3,(H,29,30,34). The molecule has 190 valence electrons. The number of ether oxygens (including phenoxy) is 2. The lowest BCUT2D eigenvalue weighted by Crippen LogP contribution is -2.08. The Labute approximate surface area is 215 Å². The molecule has 0 aliphatic heterocycles. The summed E-state index contributed by atoms with van der Waals surface area (Å²) in [6.45, 7) is 4.76. The molecule has 2 N–H and O–H groups in total. The van der Waals surface area contributed by atoms with Gasteiger partial charge < -0.3 is 24.8 Å². The summed E-state index contributed by atoms with van der Waals surface area (Å²) in [7, 11) is 3.21. The summed E-state index contributed by atoms with van der Waals surface area (Å²) in [5.41, 5.74) is 4.29. The van der Waals surface area contributed by atoms with Crippen LogP contribution < -0.4 is 14.8 Å². The molecule has 5 rings (SSSR count). The zero-order valence-corrected chi connectivity index (χ0v) is 21.4. The maximum atomic E-state index is 7.82. The molecule has 0 atom stereocenters. The summed E-state index contributed by atoms with van der Waals surface area (Å²) >= 11 is 0. The van der Waals surface area contributed by atoms with Crippen LogP contribution in [0.2, 0.25) is 0 Å². The molecule has 0 amide bonds. The molecule has 37 heavy (non-hydrogen) atoms. The monoisotopic (exact) mass is 498 g/mol. The molecule has 10 heteroatoms. The number of nitrogens with one attached hydrogen (secondary N) is 2. The number of anilines is 1. The van der Waals surface area contributed by atoms with E-state index in [4.69, 9.17) is 19.9 Å². The van der Waals surface area contributed by atoms with Crippen molar-refractivity contribution in [2.24, 2.45) is 0 Å². The Morgan fingerprint density at radius 2 is 1.86 bits per heavy atom. The first-order valence-corrected chi connectivity index (χ1v) is 12.2. The molecule has 0 bridgehead atoms. The van der Waals surface area contributed by atoms with E-state index in [0.717, 1.165) is 35.5 Å². The SMILES string of the molecule is COc1cn(C(C)C)c(-c2ccc(CNc3nc(-c4c(OC)ncnc4C4CC4)ncc3C=N)cc2)n1. The highest BCUT2D eigenvalue weighted by Crippen LogP contribution is 2.44. The molecule has 1 aromatic carbocycles. The van der Waals surface area contributed by atoms with E-state index in [-0.39, 0.29) is 6.04 Å². The largest absolute Gasteiger partial charge is 0.480 e. The summed E-state index contributed by atoms with van der Waals surface area (Å²) in [4.78, 5) is 22.6. The maximum absolute atomic E-state index is 7.82. The van der Waals surface area contributed by atoms with Crippen LogP contribution in [0.1, 0.15) is 55.5 Å². The van der Waals surface area contributed by atoms with Crippen LogP contribution in [-0.4, -0.2) is 49.9 Å². The lowest BCUT2D eigenvalue weighted by Gasteiger charge is -2.14. The fourth-order valence-corrected chi connectivity index (χ4v) is 4.21. The molecule has 1 aliphatic rings. The van der Waals surface area contributed by atoms with Crippen molar-refractivity contribution in [3.05, 3.63) is 59.8 Å². The summed E-state index contributed by atoms with van der Waals surface area (Å²) in [5, 5.41) is 11.2. The van der Waals surface area contributed by atoms with Gasteiger partial charge in [-0.15, -0.1) is 0 Å². The van der Waals surface area contributed by atoms with Gasteiger partial charge in [0, 0.05) is 36.5 Å². The summed E-state index contributed by atoms with van der Waals surface area (Å²) in [6, 6.07) is 8.47. The minimum atomic E-state index is 0.258. The highest BCUT2D eigenvalue weighted by Gasteiger charge is 2.31. The van der Waals surface area contributed by atoms with Gasteiger partial charge in [0.15, 0.2) is 5.82 Å².